The molecule has 14 heavy (non-hydrogen) atoms. The molecule has 0 unspecified atom stereocenters. The third-order valence-corrected chi connectivity index (χ3v) is 4.07. The second-order valence-electron chi connectivity index (χ2n) is 3.33. The van der Waals surface area contributed by atoms with Gasteiger partial charge in [0.25, 0.3) is 0 Å². The van der Waals surface area contributed by atoms with Gasteiger partial charge in [0, 0.05) is 28.6 Å². The van der Waals surface area contributed by atoms with E-state index in [1.165, 1.54) is 20.7 Å². The molecule has 1 aromatic heterocycles. The molecule has 1 aromatic carbocycles. The quantitative estimate of drug-likeness (QED) is 0.693. The maximum absolute atomic E-state index is 6.10. The van der Waals surface area contributed by atoms with E-state index >= 15 is 0 Å². The van der Waals surface area contributed by atoms with Gasteiger partial charge in [-0.05, 0) is 11.5 Å². The first-order chi connectivity index (χ1) is 6.86. The summed E-state index contributed by atoms with van der Waals surface area (Å²) in [6, 6.07) is 8.43. The van der Waals surface area contributed by atoms with Crippen LogP contribution in [0.2, 0.25) is 0 Å². The van der Waals surface area contributed by atoms with Crippen molar-refractivity contribution in [1.29, 1.82) is 0 Å². The lowest BCUT2D eigenvalue weighted by Crippen LogP contribution is -2.31. The number of hydrogen-bond donors (Lipinski definition) is 1. The van der Waals surface area contributed by atoms with E-state index in [1.54, 1.807) is 15.8 Å². The fourth-order valence-electron chi connectivity index (χ4n) is 1.80. The third-order valence-electron chi connectivity index (χ3n) is 2.45. The van der Waals surface area contributed by atoms with Gasteiger partial charge in [-0.25, -0.2) is 0 Å². The molecule has 0 atom stereocenters. The van der Waals surface area contributed by atoms with Crippen molar-refractivity contribution in [3.63, 3.8) is 0 Å². The van der Waals surface area contributed by atoms with Crippen LogP contribution in [0.5, 0.6) is 0 Å². The normalized spacial score (nSPS) is 15.9. The van der Waals surface area contributed by atoms with E-state index in [9.17, 15) is 0 Å². The molecule has 0 fully saturated rings. The second-order valence-corrected chi connectivity index (χ2v) is 4.77. The minimum absolute atomic E-state index is 0.724. The van der Waals surface area contributed by atoms with Crippen molar-refractivity contribution in [2.24, 2.45) is 0 Å². The molecule has 2 nitrogen and oxygen atoms in total. The molecule has 0 amide bonds. The number of rotatable bonds is 0. The Kier molecular flexibility index (Phi) is 1.90. The maximum atomic E-state index is 6.10. The number of hydrogen-bond acceptors (Lipinski definition) is 3. The van der Waals surface area contributed by atoms with E-state index in [2.05, 4.69) is 29.6 Å². The van der Waals surface area contributed by atoms with Gasteiger partial charge in [0.05, 0.1) is 6.67 Å². The van der Waals surface area contributed by atoms with E-state index in [1.807, 2.05) is 0 Å². The minimum atomic E-state index is 0.724. The fraction of sp³-hybridized carbons (Fsp3) is 0.200. The molecule has 4 heteroatoms. The molecule has 2 heterocycles. The summed E-state index contributed by atoms with van der Waals surface area (Å²) in [5, 5.41) is 5.78. The van der Waals surface area contributed by atoms with Crippen LogP contribution in [0.4, 0.5) is 5.00 Å². The molecule has 0 saturated heterocycles. The smallest absolute Gasteiger partial charge is 0.113 e. The number of anilines is 1. The predicted molar refractivity (Wildman–Crippen MR) is 61.9 cm³/mol. The van der Waals surface area contributed by atoms with Crippen molar-refractivity contribution in [3.8, 4) is 0 Å². The van der Waals surface area contributed by atoms with E-state index in [4.69, 9.17) is 11.8 Å². The van der Waals surface area contributed by atoms with Crippen LogP contribution in [0, 0.1) is 0 Å². The van der Waals surface area contributed by atoms with Gasteiger partial charge in [0.15, 0.2) is 0 Å². The van der Waals surface area contributed by atoms with Crippen molar-refractivity contribution in [2.75, 3.05) is 11.1 Å². The molecular formula is C10H9ClN2S. The first-order valence-corrected chi connectivity index (χ1v) is 5.66. The summed E-state index contributed by atoms with van der Waals surface area (Å²) in [5.74, 6) is 0. The predicted octanol–water partition coefficient (Wildman–Crippen LogP) is 2.92. The van der Waals surface area contributed by atoms with Crippen molar-refractivity contribution in [2.45, 2.75) is 6.54 Å². The number of nitrogens with zero attached hydrogens (tertiary/aromatic N) is 1. The number of fused-ring (bicyclic) bond motifs is 3. The van der Waals surface area contributed by atoms with Gasteiger partial charge >= 0.3 is 0 Å². The van der Waals surface area contributed by atoms with Gasteiger partial charge in [-0.2, -0.15) is 0 Å². The maximum Gasteiger partial charge on any atom is 0.113 e. The highest BCUT2D eigenvalue weighted by atomic mass is 35.5. The van der Waals surface area contributed by atoms with Crippen LogP contribution in [0.15, 0.2) is 24.3 Å². The molecule has 72 valence electrons. The third kappa shape index (κ3) is 1.13. The molecular weight excluding hydrogens is 216 g/mol. The number of thiophene rings is 1. The summed E-state index contributed by atoms with van der Waals surface area (Å²) in [6.07, 6.45) is 0. The SMILES string of the molecule is ClN1CNCc2c1sc1ccccc21. The summed E-state index contributed by atoms with van der Waals surface area (Å²) in [6.45, 7) is 1.64. The van der Waals surface area contributed by atoms with Crippen LogP contribution < -0.4 is 9.74 Å². The van der Waals surface area contributed by atoms with Gasteiger partial charge in [0.1, 0.15) is 5.00 Å². The first-order valence-electron chi connectivity index (χ1n) is 4.51. The van der Waals surface area contributed by atoms with Crippen molar-refractivity contribution in [1.82, 2.24) is 5.32 Å². The number of benzene rings is 1. The molecule has 0 spiro atoms. The van der Waals surface area contributed by atoms with Crippen molar-refractivity contribution >= 4 is 38.2 Å². The number of halogens is 1. The van der Waals surface area contributed by atoms with E-state index in [0.29, 0.717) is 0 Å². The first kappa shape index (κ1) is 8.53. The largest absolute Gasteiger partial charge is 0.295 e. The van der Waals surface area contributed by atoms with Crippen LogP contribution in [0.3, 0.4) is 0 Å². The highest BCUT2D eigenvalue weighted by Crippen LogP contribution is 2.40. The Morgan fingerprint density at radius 1 is 1.36 bits per heavy atom. The molecule has 1 aliphatic heterocycles. The second kappa shape index (κ2) is 3.12. The average molecular weight is 225 g/mol. The summed E-state index contributed by atoms with van der Waals surface area (Å²) in [5.41, 5.74) is 1.33. The summed E-state index contributed by atoms with van der Waals surface area (Å²) in [4.78, 5) is 0. The molecule has 0 saturated carbocycles. The Labute approximate surface area is 91.2 Å². The molecule has 1 N–H and O–H groups in total. The fourth-order valence-corrected chi connectivity index (χ4v) is 3.22. The van der Waals surface area contributed by atoms with Gasteiger partial charge in [-0.3, -0.25) is 9.74 Å². The summed E-state index contributed by atoms with van der Waals surface area (Å²) < 4.78 is 3.07. The molecule has 0 aliphatic carbocycles. The van der Waals surface area contributed by atoms with Crippen molar-refractivity contribution < 1.29 is 0 Å². The van der Waals surface area contributed by atoms with Crippen molar-refractivity contribution in [3.05, 3.63) is 29.8 Å². The minimum Gasteiger partial charge on any atom is -0.295 e. The molecule has 1 aliphatic rings. The molecule has 2 aromatic rings. The van der Waals surface area contributed by atoms with Gasteiger partial charge in [0.2, 0.25) is 0 Å². The zero-order chi connectivity index (χ0) is 9.54. The van der Waals surface area contributed by atoms with Gasteiger partial charge in [-0.1, -0.05) is 18.2 Å². The lowest BCUT2D eigenvalue weighted by atomic mass is 10.1. The highest BCUT2D eigenvalue weighted by Gasteiger charge is 2.19. The lowest BCUT2D eigenvalue weighted by Gasteiger charge is -2.21. The molecule has 0 bridgehead atoms. The van der Waals surface area contributed by atoms with Crippen LogP contribution in [0.25, 0.3) is 10.1 Å². The van der Waals surface area contributed by atoms with Crippen LogP contribution in [-0.4, -0.2) is 6.67 Å². The number of nitrogens with one attached hydrogen (secondary N) is 1. The Balaban J connectivity index is 2.32. The Morgan fingerprint density at radius 2 is 2.21 bits per heavy atom. The van der Waals surface area contributed by atoms with Crippen LogP contribution in [0.1, 0.15) is 5.56 Å². The Hall–Kier alpha value is -0.770. The molecule has 3 rings (SSSR count). The lowest BCUT2D eigenvalue weighted by molar-refractivity contribution is 0.688. The van der Waals surface area contributed by atoms with E-state index < -0.39 is 0 Å². The summed E-state index contributed by atoms with van der Waals surface area (Å²) >= 11 is 7.86. The zero-order valence-corrected chi connectivity index (χ0v) is 9.03. The Morgan fingerprint density at radius 3 is 3.14 bits per heavy atom. The standard InChI is InChI=1S/C10H9ClN2S/c11-13-6-12-5-8-7-3-1-2-4-9(7)14-10(8)13/h1-4,12H,5-6H2. The highest BCUT2D eigenvalue weighted by molar-refractivity contribution is 7.23. The topological polar surface area (TPSA) is 15.3 Å². The van der Waals surface area contributed by atoms with Crippen LogP contribution in [-0.2, 0) is 6.54 Å². The van der Waals surface area contributed by atoms with Gasteiger partial charge in [-0.15, -0.1) is 11.3 Å². The van der Waals surface area contributed by atoms with E-state index in [-0.39, 0.29) is 0 Å². The average Bonchev–Trinajstić information content (AvgIpc) is 2.59. The monoisotopic (exact) mass is 224 g/mol. The molecule has 0 radical (unpaired) electrons. The van der Waals surface area contributed by atoms with E-state index in [0.717, 1.165) is 13.2 Å². The van der Waals surface area contributed by atoms with Gasteiger partial charge < -0.3 is 0 Å². The zero-order valence-electron chi connectivity index (χ0n) is 7.46. The summed E-state index contributed by atoms with van der Waals surface area (Å²) in [7, 11) is 0. The van der Waals surface area contributed by atoms with Crippen LogP contribution >= 0.6 is 23.1 Å². The Bertz CT molecular complexity index is 480.